The molecule has 23 heavy (non-hydrogen) atoms. The Balaban J connectivity index is 0.00000135. The predicted octanol–water partition coefficient (Wildman–Crippen LogP) is 1.30. The van der Waals surface area contributed by atoms with Crippen LogP contribution in [0.15, 0.2) is 72.9 Å². The number of halogens is 1. The summed E-state index contributed by atoms with van der Waals surface area (Å²) < 4.78 is 4.62. The molecule has 0 aliphatic heterocycles. The van der Waals surface area contributed by atoms with Gasteiger partial charge in [0.15, 0.2) is 5.52 Å². The van der Waals surface area contributed by atoms with Crippen molar-refractivity contribution in [3.05, 3.63) is 78.5 Å². The molecule has 0 fully saturated rings. The summed E-state index contributed by atoms with van der Waals surface area (Å²) in [5, 5.41) is 2.54. The fourth-order valence-corrected chi connectivity index (χ4v) is 3.42. The molecule has 0 N–H and O–H groups in total. The topological polar surface area (TPSA) is 8.51 Å². The molecule has 0 unspecified atom stereocenters. The predicted molar refractivity (Wildman–Crippen MR) is 90.3 cm³/mol. The Hall–Kier alpha value is -2.14. The van der Waals surface area contributed by atoms with E-state index < -0.39 is 0 Å². The molecule has 0 aliphatic rings. The third-order valence-corrected chi connectivity index (χ3v) is 4.46. The van der Waals surface area contributed by atoms with Gasteiger partial charge in [-0.2, -0.15) is 8.80 Å². The van der Waals surface area contributed by atoms with Crippen molar-refractivity contribution < 1.29 is 28.4 Å². The molecule has 5 rings (SSSR count). The van der Waals surface area contributed by atoms with Crippen molar-refractivity contribution in [1.29, 1.82) is 0 Å². The molecule has 0 spiro atoms. The first-order chi connectivity index (χ1) is 10.8. The average Bonchev–Trinajstić information content (AvgIpc) is 2.94. The summed E-state index contributed by atoms with van der Waals surface area (Å²) in [5.41, 5.74) is 6.20. The van der Waals surface area contributed by atoms with Gasteiger partial charge in [-0.1, -0.05) is 29.8 Å². The fraction of sp³-hybridized carbons (Fsp3) is 0.0500. The molecule has 3 heterocycles. The number of rotatable bonds is 0. The molecule has 5 aromatic rings. The summed E-state index contributed by atoms with van der Waals surface area (Å²) in [4.78, 5) is 0. The Morgan fingerprint density at radius 2 is 1.65 bits per heavy atom. The number of hydrogen-bond acceptors (Lipinski definition) is 0. The summed E-state index contributed by atoms with van der Waals surface area (Å²) in [5.74, 6) is 0. The zero-order valence-corrected chi connectivity index (χ0v) is 14.9. The normalized spacial score (nSPS) is 11.3. The van der Waals surface area contributed by atoms with Crippen molar-refractivity contribution in [1.82, 2.24) is 4.40 Å². The van der Waals surface area contributed by atoms with Crippen LogP contribution >= 0.6 is 0 Å². The maximum absolute atomic E-state index is 2.33. The van der Waals surface area contributed by atoms with Crippen LogP contribution in [-0.4, -0.2) is 4.40 Å². The summed E-state index contributed by atoms with van der Waals surface area (Å²) in [6, 6.07) is 24.0. The van der Waals surface area contributed by atoms with E-state index in [0.717, 1.165) is 0 Å². The average molecular weight is 410 g/mol. The molecule has 0 amide bonds. The Kier molecular flexibility index (Phi) is 3.27. The van der Waals surface area contributed by atoms with Crippen LogP contribution in [0.5, 0.6) is 0 Å². The smallest absolute Gasteiger partial charge is 0.292 e. The van der Waals surface area contributed by atoms with Gasteiger partial charge in [-0.3, -0.25) is 0 Å². The minimum Gasteiger partial charge on any atom is -1.00 e. The molecule has 0 saturated heterocycles. The third kappa shape index (κ3) is 2.03. The van der Waals surface area contributed by atoms with E-state index in [9.17, 15) is 0 Å². The van der Waals surface area contributed by atoms with E-state index in [1.54, 1.807) is 0 Å². The van der Waals surface area contributed by atoms with Gasteiger partial charge < -0.3 is 24.0 Å². The van der Waals surface area contributed by atoms with E-state index in [-0.39, 0.29) is 24.0 Å². The third-order valence-electron chi connectivity index (χ3n) is 4.46. The lowest BCUT2D eigenvalue weighted by atomic mass is 10.1. The Morgan fingerprint density at radius 3 is 2.57 bits per heavy atom. The molecule has 0 aliphatic carbocycles. The van der Waals surface area contributed by atoms with Crippen LogP contribution in [0.1, 0.15) is 5.56 Å². The minimum atomic E-state index is 0. The summed E-state index contributed by atoms with van der Waals surface area (Å²) in [7, 11) is 0. The van der Waals surface area contributed by atoms with Crippen LogP contribution in [0.2, 0.25) is 0 Å². The van der Waals surface area contributed by atoms with Crippen molar-refractivity contribution in [2.45, 2.75) is 6.92 Å². The first-order valence-electron chi connectivity index (χ1n) is 7.55. The quantitative estimate of drug-likeness (QED) is 0.269. The number of nitrogens with zero attached hydrogens (tertiary/aromatic N) is 2. The lowest BCUT2D eigenvalue weighted by Crippen LogP contribution is -3.00. The molecule has 0 atom stereocenters. The lowest BCUT2D eigenvalue weighted by molar-refractivity contribution is -0.479. The maximum Gasteiger partial charge on any atom is 0.292 e. The van der Waals surface area contributed by atoms with Gasteiger partial charge in [-0.05, 0) is 43.3 Å². The highest BCUT2D eigenvalue weighted by Crippen LogP contribution is 2.21. The number of pyridine rings is 2. The minimum absolute atomic E-state index is 0. The van der Waals surface area contributed by atoms with E-state index in [0.29, 0.717) is 0 Å². The lowest BCUT2D eigenvalue weighted by Gasteiger charge is -1.99. The Labute approximate surface area is 151 Å². The van der Waals surface area contributed by atoms with Gasteiger partial charge in [0.25, 0.3) is 5.65 Å². The summed E-state index contributed by atoms with van der Waals surface area (Å²) in [6.07, 6.45) is 2.22. The SMILES string of the molecule is Cc1ccc2c(ccc3c[n+]4c5ccccc5ccc4n32)c1.[I-]. The van der Waals surface area contributed by atoms with Gasteiger partial charge in [0.2, 0.25) is 0 Å². The molecular formula is C20H15IN2. The molecule has 0 radical (unpaired) electrons. The van der Waals surface area contributed by atoms with Gasteiger partial charge in [-0.15, -0.1) is 0 Å². The van der Waals surface area contributed by atoms with E-state index in [2.05, 4.69) is 88.7 Å². The molecule has 0 bridgehead atoms. The van der Waals surface area contributed by atoms with Gasteiger partial charge in [0.05, 0.1) is 0 Å². The number of fused-ring (bicyclic) bond motifs is 7. The highest BCUT2D eigenvalue weighted by molar-refractivity contribution is 5.86. The zero-order chi connectivity index (χ0) is 14.7. The number of hydrogen-bond donors (Lipinski definition) is 0. The van der Waals surface area contributed by atoms with Gasteiger partial charge in [0.1, 0.15) is 17.2 Å². The summed E-state index contributed by atoms with van der Waals surface area (Å²) >= 11 is 0. The second-order valence-corrected chi connectivity index (χ2v) is 5.91. The van der Waals surface area contributed by atoms with E-state index in [4.69, 9.17) is 0 Å². The molecule has 3 heteroatoms. The van der Waals surface area contributed by atoms with Crippen molar-refractivity contribution >= 4 is 33.0 Å². The summed E-state index contributed by atoms with van der Waals surface area (Å²) in [6.45, 7) is 2.14. The van der Waals surface area contributed by atoms with E-state index in [1.807, 2.05) is 0 Å². The molecule has 2 nitrogen and oxygen atoms in total. The van der Waals surface area contributed by atoms with Crippen LogP contribution in [0.3, 0.4) is 0 Å². The second kappa shape index (κ2) is 5.20. The Morgan fingerprint density at radius 1 is 0.826 bits per heavy atom. The Bertz CT molecular complexity index is 1190. The number of para-hydroxylation sites is 1. The van der Waals surface area contributed by atoms with Crippen LogP contribution in [0.25, 0.3) is 33.0 Å². The fourth-order valence-electron chi connectivity index (χ4n) is 3.42. The van der Waals surface area contributed by atoms with Crippen LogP contribution in [0, 0.1) is 6.92 Å². The largest absolute Gasteiger partial charge is 1.00 e. The van der Waals surface area contributed by atoms with E-state index >= 15 is 0 Å². The molecule has 3 aromatic heterocycles. The van der Waals surface area contributed by atoms with Crippen molar-refractivity contribution in [3.8, 4) is 0 Å². The maximum atomic E-state index is 2.33. The van der Waals surface area contributed by atoms with Crippen LogP contribution in [-0.2, 0) is 0 Å². The number of benzene rings is 2. The van der Waals surface area contributed by atoms with Gasteiger partial charge >= 0.3 is 0 Å². The zero-order valence-electron chi connectivity index (χ0n) is 12.7. The van der Waals surface area contributed by atoms with Crippen molar-refractivity contribution in [2.24, 2.45) is 0 Å². The second-order valence-electron chi connectivity index (χ2n) is 5.91. The highest BCUT2D eigenvalue weighted by Gasteiger charge is 2.16. The number of imidazole rings is 1. The van der Waals surface area contributed by atoms with Crippen LogP contribution in [0.4, 0.5) is 0 Å². The first-order valence-corrected chi connectivity index (χ1v) is 7.55. The molecular weight excluding hydrogens is 395 g/mol. The number of aromatic nitrogens is 2. The van der Waals surface area contributed by atoms with Gasteiger partial charge in [0, 0.05) is 16.8 Å². The van der Waals surface area contributed by atoms with E-state index in [1.165, 1.54) is 38.5 Å². The number of aryl methyl sites for hydroxylation is 1. The molecule has 0 saturated carbocycles. The molecule has 2 aromatic carbocycles. The highest BCUT2D eigenvalue weighted by atomic mass is 127. The van der Waals surface area contributed by atoms with Crippen molar-refractivity contribution in [3.63, 3.8) is 0 Å². The molecule has 112 valence electrons. The monoisotopic (exact) mass is 410 g/mol. The van der Waals surface area contributed by atoms with Gasteiger partial charge in [-0.25, -0.2) is 0 Å². The van der Waals surface area contributed by atoms with Crippen LogP contribution < -0.4 is 28.4 Å². The first kappa shape index (κ1) is 14.5. The van der Waals surface area contributed by atoms with Crippen molar-refractivity contribution in [2.75, 3.05) is 0 Å². The standard InChI is InChI=1S/C20H15N2.HI/c1-14-6-10-19-16(12-14)7-9-17-13-21-18-5-3-2-4-15(18)8-11-20(21)22(17)19;/h2-13H,1H3;1H/q+1;/p-1.